The predicted molar refractivity (Wildman–Crippen MR) is 75.2 cm³/mol. The Morgan fingerprint density at radius 2 is 1.94 bits per heavy atom. The van der Waals surface area contributed by atoms with Gasteiger partial charge in [0.05, 0.1) is 0 Å². The van der Waals surface area contributed by atoms with Crippen molar-refractivity contribution in [2.75, 3.05) is 0 Å². The zero-order chi connectivity index (χ0) is 13.4. The van der Waals surface area contributed by atoms with E-state index in [1.165, 1.54) is 37.7 Å². The van der Waals surface area contributed by atoms with Gasteiger partial charge in [0.2, 0.25) is 6.41 Å². The molecule has 0 spiro atoms. The molecule has 18 heavy (non-hydrogen) atoms. The summed E-state index contributed by atoms with van der Waals surface area (Å²) < 4.78 is 0. The van der Waals surface area contributed by atoms with Gasteiger partial charge in [0, 0.05) is 5.54 Å². The van der Waals surface area contributed by atoms with E-state index in [1.54, 1.807) is 0 Å². The summed E-state index contributed by atoms with van der Waals surface area (Å²) in [6.07, 6.45) is 8.39. The number of carbonyl (C=O) groups excluding carboxylic acids is 1. The van der Waals surface area contributed by atoms with Crippen molar-refractivity contribution in [2.45, 2.75) is 64.8 Å². The predicted octanol–water partition coefficient (Wildman–Crippen LogP) is 3.67. The lowest BCUT2D eigenvalue weighted by atomic mass is 9.50. The first kappa shape index (κ1) is 13.6. The van der Waals surface area contributed by atoms with Crippen molar-refractivity contribution in [3.8, 4) is 0 Å². The van der Waals surface area contributed by atoms with Crippen LogP contribution >= 0.6 is 0 Å². The number of hydrogen-bond donors (Lipinski definition) is 1. The topological polar surface area (TPSA) is 29.1 Å². The van der Waals surface area contributed by atoms with Crippen molar-refractivity contribution in [3.05, 3.63) is 12.2 Å². The Balaban J connectivity index is 2.38. The number of hydrogen-bond acceptors (Lipinski definition) is 1. The highest BCUT2D eigenvalue weighted by Crippen LogP contribution is 2.57. The lowest BCUT2D eigenvalue weighted by Gasteiger charge is -2.58. The van der Waals surface area contributed by atoms with Gasteiger partial charge >= 0.3 is 0 Å². The van der Waals surface area contributed by atoms with Crippen molar-refractivity contribution in [1.29, 1.82) is 0 Å². The molecule has 4 atom stereocenters. The molecule has 2 saturated carbocycles. The molecule has 1 amide bonds. The first-order valence-electron chi connectivity index (χ1n) is 7.30. The standard InChI is InChI=1S/C16H27NO/c1-12(2)13-7-5-8-15(3)9-6-10-16(4,14(13)15)17-11-18/h11,13-14H,1,5-10H2,2-4H3,(H,17,18)/t13?,14-,15+,16-/m1/s1. The molecule has 0 aromatic heterocycles. The van der Waals surface area contributed by atoms with Crippen LogP contribution in [-0.4, -0.2) is 11.9 Å². The Labute approximate surface area is 111 Å². The van der Waals surface area contributed by atoms with E-state index in [1.807, 2.05) is 0 Å². The van der Waals surface area contributed by atoms with Gasteiger partial charge in [-0.2, -0.15) is 0 Å². The molecule has 0 aromatic rings. The largest absolute Gasteiger partial charge is 0.353 e. The third-order valence-corrected chi connectivity index (χ3v) is 5.57. The minimum Gasteiger partial charge on any atom is -0.353 e. The smallest absolute Gasteiger partial charge is 0.207 e. The van der Waals surface area contributed by atoms with Crippen molar-refractivity contribution in [2.24, 2.45) is 17.3 Å². The third kappa shape index (κ3) is 2.10. The zero-order valence-electron chi connectivity index (χ0n) is 12.1. The SMILES string of the molecule is C=C(C)C1CCC[C@@]2(C)CCC[C@@](C)(NC=O)[C@H]12. The van der Waals surface area contributed by atoms with Crippen LogP contribution in [0.5, 0.6) is 0 Å². The molecule has 0 heterocycles. The molecular weight excluding hydrogens is 222 g/mol. The van der Waals surface area contributed by atoms with Gasteiger partial charge in [0.25, 0.3) is 0 Å². The van der Waals surface area contributed by atoms with E-state index in [9.17, 15) is 4.79 Å². The Kier molecular flexibility index (Phi) is 3.57. The summed E-state index contributed by atoms with van der Waals surface area (Å²) in [6, 6.07) is 0. The number of fused-ring (bicyclic) bond motifs is 1. The fourth-order valence-corrected chi connectivity index (χ4v) is 4.87. The van der Waals surface area contributed by atoms with E-state index >= 15 is 0 Å². The molecule has 0 bridgehead atoms. The van der Waals surface area contributed by atoms with Gasteiger partial charge in [-0.05, 0) is 56.8 Å². The van der Waals surface area contributed by atoms with Gasteiger partial charge in [-0.1, -0.05) is 31.9 Å². The number of nitrogens with one attached hydrogen (secondary N) is 1. The molecule has 0 radical (unpaired) electrons. The summed E-state index contributed by atoms with van der Waals surface area (Å²) in [4.78, 5) is 11.0. The number of amides is 1. The maximum Gasteiger partial charge on any atom is 0.207 e. The Hall–Kier alpha value is -0.790. The van der Waals surface area contributed by atoms with Gasteiger partial charge in [0.15, 0.2) is 0 Å². The molecule has 2 rings (SSSR count). The summed E-state index contributed by atoms with van der Waals surface area (Å²) in [6.45, 7) is 11.0. The highest BCUT2D eigenvalue weighted by atomic mass is 16.1. The minimum absolute atomic E-state index is 0.0429. The van der Waals surface area contributed by atoms with Crippen LogP contribution in [0.2, 0.25) is 0 Å². The summed E-state index contributed by atoms with van der Waals surface area (Å²) in [5.41, 5.74) is 1.63. The van der Waals surface area contributed by atoms with Crippen LogP contribution in [0.4, 0.5) is 0 Å². The van der Waals surface area contributed by atoms with Crippen LogP contribution in [0.1, 0.15) is 59.3 Å². The quantitative estimate of drug-likeness (QED) is 0.600. The molecule has 2 aliphatic rings. The number of carbonyl (C=O) groups is 1. The molecule has 102 valence electrons. The van der Waals surface area contributed by atoms with Crippen molar-refractivity contribution in [1.82, 2.24) is 5.32 Å². The van der Waals surface area contributed by atoms with Crippen LogP contribution < -0.4 is 5.32 Å². The van der Waals surface area contributed by atoms with Crippen LogP contribution in [0.15, 0.2) is 12.2 Å². The average Bonchev–Trinajstić information content (AvgIpc) is 2.27. The molecule has 2 fully saturated rings. The van der Waals surface area contributed by atoms with Gasteiger partial charge < -0.3 is 5.32 Å². The van der Waals surface area contributed by atoms with E-state index in [-0.39, 0.29) is 5.54 Å². The van der Waals surface area contributed by atoms with Crippen LogP contribution in [0.25, 0.3) is 0 Å². The molecule has 2 nitrogen and oxygen atoms in total. The van der Waals surface area contributed by atoms with Crippen LogP contribution in [-0.2, 0) is 4.79 Å². The first-order chi connectivity index (χ1) is 8.43. The average molecular weight is 249 g/mol. The first-order valence-corrected chi connectivity index (χ1v) is 7.30. The molecule has 0 saturated heterocycles. The summed E-state index contributed by atoms with van der Waals surface area (Å²) in [5.74, 6) is 1.12. The zero-order valence-corrected chi connectivity index (χ0v) is 12.1. The molecule has 0 aliphatic heterocycles. The Morgan fingerprint density at radius 1 is 1.28 bits per heavy atom. The maximum atomic E-state index is 11.0. The third-order valence-electron chi connectivity index (χ3n) is 5.57. The maximum absolute atomic E-state index is 11.0. The number of allylic oxidation sites excluding steroid dienone is 1. The van der Waals surface area contributed by atoms with Crippen LogP contribution in [0.3, 0.4) is 0 Å². The molecular formula is C16H27NO. The Morgan fingerprint density at radius 3 is 2.56 bits per heavy atom. The number of rotatable bonds is 3. The van der Waals surface area contributed by atoms with E-state index in [0.29, 0.717) is 17.3 Å². The molecule has 1 N–H and O–H groups in total. The second kappa shape index (κ2) is 4.71. The fraction of sp³-hybridized carbons (Fsp3) is 0.812. The van der Waals surface area contributed by atoms with Crippen molar-refractivity contribution in [3.63, 3.8) is 0 Å². The second-order valence-corrected chi connectivity index (χ2v) is 7.01. The van der Waals surface area contributed by atoms with Crippen LogP contribution in [0, 0.1) is 17.3 Å². The summed E-state index contributed by atoms with van der Waals surface area (Å²) in [7, 11) is 0. The van der Waals surface area contributed by atoms with Gasteiger partial charge in [-0.25, -0.2) is 0 Å². The van der Waals surface area contributed by atoms with E-state index in [4.69, 9.17) is 0 Å². The molecule has 1 unspecified atom stereocenters. The normalized spacial score (nSPS) is 43.9. The molecule has 2 heteroatoms. The summed E-state index contributed by atoms with van der Waals surface area (Å²) >= 11 is 0. The molecule has 0 aromatic carbocycles. The summed E-state index contributed by atoms with van der Waals surface area (Å²) in [5, 5.41) is 3.15. The highest BCUT2D eigenvalue weighted by molar-refractivity contribution is 5.48. The molecule has 2 aliphatic carbocycles. The monoisotopic (exact) mass is 249 g/mol. The van der Waals surface area contributed by atoms with E-state index in [0.717, 1.165) is 12.8 Å². The van der Waals surface area contributed by atoms with Crippen molar-refractivity contribution >= 4 is 6.41 Å². The van der Waals surface area contributed by atoms with E-state index in [2.05, 4.69) is 32.7 Å². The highest BCUT2D eigenvalue weighted by Gasteiger charge is 2.53. The van der Waals surface area contributed by atoms with E-state index < -0.39 is 0 Å². The lowest BCUT2D eigenvalue weighted by molar-refractivity contribution is -0.115. The fourth-order valence-electron chi connectivity index (χ4n) is 4.87. The minimum atomic E-state index is -0.0429. The van der Waals surface area contributed by atoms with Gasteiger partial charge in [-0.15, -0.1) is 0 Å². The van der Waals surface area contributed by atoms with Gasteiger partial charge in [0.1, 0.15) is 0 Å². The second-order valence-electron chi connectivity index (χ2n) is 7.01. The lowest BCUT2D eigenvalue weighted by Crippen LogP contribution is -2.60. The van der Waals surface area contributed by atoms with Gasteiger partial charge in [-0.3, -0.25) is 4.79 Å². The van der Waals surface area contributed by atoms with Crippen molar-refractivity contribution < 1.29 is 4.79 Å². The Bertz CT molecular complexity index is 347.